The van der Waals surface area contributed by atoms with Crippen LogP contribution in [0.4, 0.5) is 5.69 Å². The predicted octanol–water partition coefficient (Wildman–Crippen LogP) is 1.75. The highest BCUT2D eigenvalue weighted by Gasteiger charge is 2.18. The van der Waals surface area contributed by atoms with E-state index in [1.165, 1.54) is 21.3 Å². The number of aryl methyl sites for hydroxylation is 1. The second-order valence-electron chi connectivity index (χ2n) is 6.02. The third-order valence-electron chi connectivity index (χ3n) is 4.15. The van der Waals surface area contributed by atoms with E-state index in [4.69, 9.17) is 14.2 Å². The zero-order valence-corrected chi connectivity index (χ0v) is 16.1. The molecule has 0 radical (unpaired) electrons. The van der Waals surface area contributed by atoms with E-state index >= 15 is 0 Å². The highest BCUT2D eigenvalue weighted by molar-refractivity contribution is 6.03. The van der Waals surface area contributed by atoms with Gasteiger partial charge in [0.1, 0.15) is 0 Å². The monoisotopic (exact) mass is 397 g/mol. The summed E-state index contributed by atoms with van der Waals surface area (Å²) >= 11 is 0. The minimum Gasteiger partial charge on any atom is -0.493 e. The van der Waals surface area contributed by atoms with Gasteiger partial charge in [-0.2, -0.15) is 5.10 Å². The summed E-state index contributed by atoms with van der Waals surface area (Å²) in [4.78, 5) is 36.7. The highest BCUT2D eigenvalue weighted by Crippen LogP contribution is 2.29. The number of aromatic nitrogens is 2. The molecule has 9 nitrogen and oxygen atoms in total. The van der Waals surface area contributed by atoms with Crippen molar-refractivity contribution in [2.45, 2.75) is 0 Å². The fraction of sp³-hybridized carbons (Fsp3) is 0.200. The molecular formula is C20H19N3O6. The summed E-state index contributed by atoms with van der Waals surface area (Å²) < 4.78 is 16.5. The number of carbonyl (C=O) groups is 2. The summed E-state index contributed by atoms with van der Waals surface area (Å²) in [5.74, 6) is -0.383. The lowest BCUT2D eigenvalue weighted by atomic mass is 10.1. The number of amides is 1. The molecule has 1 N–H and O–H groups in total. The van der Waals surface area contributed by atoms with Crippen LogP contribution in [0.3, 0.4) is 0 Å². The summed E-state index contributed by atoms with van der Waals surface area (Å²) in [7, 11) is 4.43. The average molecular weight is 397 g/mol. The normalized spacial score (nSPS) is 10.4. The number of anilines is 1. The number of nitrogens with zero attached hydrogens (tertiary/aromatic N) is 2. The number of ether oxygens (including phenoxy) is 3. The number of nitrogens with one attached hydrogen (secondary N) is 1. The number of benzene rings is 2. The first-order chi connectivity index (χ1) is 13.9. The van der Waals surface area contributed by atoms with Crippen LogP contribution in [0.2, 0.25) is 0 Å². The van der Waals surface area contributed by atoms with Crippen LogP contribution in [-0.2, 0) is 16.6 Å². The van der Waals surface area contributed by atoms with Crippen molar-refractivity contribution in [3.8, 4) is 11.5 Å². The molecule has 0 aliphatic rings. The van der Waals surface area contributed by atoms with Crippen molar-refractivity contribution in [1.82, 2.24) is 9.78 Å². The van der Waals surface area contributed by atoms with Gasteiger partial charge in [0.25, 0.3) is 11.5 Å². The number of fused-ring (bicyclic) bond motifs is 1. The van der Waals surface area contributed by atoms with Crippen LogP contribution in [0.15, 0.2) is 47.3 Å². The second-order valence-corrected chi connectivity index (χ2v) is 6.02. The van der Waals surface area contributed by atoms with Crippen LogP contribution in [0.25, 0.3) is 10.8 Å². The van der Waals surface area contributed by atoms with E-state index in [0.717, 1.165) is 4.68 Å². The molecule has 0 spiro atoms. The van der Waals surface area contributed by atoms with Gasteiger partial charge in [-0.15, -0.1) is 0 Å². The van der Waals surface area contributed by atoms with Crippen LogP contribution >= 0.6 is 0 Å². The number of carbonyl (C=O) groups excluding carboxylic acids is 2. The maximum atomic E-state index is 12.4. The summed E-state index contributed by atoms with van der Waals surface area (Å²) in [5.41, 5.74) is 0.0827. The standard InChI is InChI=1S/C20H19N3O6/c1-23-19(25)14-7-5-4-6-13(14)18(22-23)20(26)29-11-17(24)21-12-8-9-15(27-2)16(10-12)28-3/h4-10H,11H2,1-3H3,(H,21,24). The molecule has 0 atom stereocenters. The molecule has 0 bridgehead atoms. The van der Waals surface area contributed by atoms with E-state index in [2.05, 4.69) is 10.4 Å². The van der Waals surface area contributed by atoms with Gasteiger partial charge in [-0.25, -0.2) is 9.48 Å². The lowest BCUT2D eigenvalue weighted by molar-refractivity contribution is -0.119. The molecular weight excluding hydrogens is 378 g/mol. The smallest absolute Gasteiger partial charge is 0.359 e. The number of rotatable bonds is 6. The Hall–Kier alpha value is -3.88. The maximum absolute atomic E-state index is 12.4. The van der Waals surface area contributed by atoms with Gasteiger partial charge < -0.3 is 19.5 Å². The van der Waals surface area contributed by atoms with E-state index < -0.39 is 18.5 Å². The first kappa shape index (κ1) is 19.9. The summed E-state index contributed by atoms with van der Waals surface area (Å²) in [5, 5.41) is 7.28. The van der Waals surface area contributed by atoms with Gasteiger partial charge in [-0.05, 0) is 18.2 Å². The minimum absolute atomic E-state index is 0.0402. The zero-order chi connectivity index (χ0) is 21.0. The Kier molecular flexibility index (Phi) is 5.77. The first-order valence-corrected chi connectivity index (χ1v) is 8.59. The van der Waals surface area contributed by atoms with Gasteiger partial charge in [0.2, 0.25) is 0 Å². The van der Waals surface area contributed by atoms with E-state index in [1.54, 1.807) is 42.5 Å². The first-order valence-electron chi connectivity index (χ1n) is 8.59. The van der Waals surface area contributed by atoms with E-state index in [-0.39, 0.29) is 11.3 Å². The lowest BCUT2D eigenvalue weighted by Crippen LogP contribution is -2.26. The number of hydrogen-bond acceptors (Lipinski definition) is 7. The molecule has 3 aromatic rings. The Morgan fingerprint density at radius 2 is 1.72 bits per heavy atom. The van der Waals surface area contributed by atoms with Crippen molar-refractivity contribution in [3.05, 3.63) is 58.5 Å². The number of methoxy groups -OCH3 is 2. The molecule has 150 valence electrons. The summed E-state index contributed by atoms with van der Waals surface area (Å²) in [6.45, 7) is -0.522. The van der Waals surface area contributed by atoms with Crippen LogP contribution < -0.4 is 20.3 Å². The summed E-state index contributed by atoms with van der Waals surface area (Å²) in [6.07, 6.45) is 0. The topological polar surface area (TPSA) is 109 Å². The second kappa shape index (κ2) is 8.42. The molecule has 0 unspecified atom stereocenters. The Morgan fingerprint density at radius 1 is 1.03 bits per heavy atom. The molecule has 3 rings (SSSR count). The fourth-order valence-corrected chi connectivity index (χ4v) is 2.76. The van der Waals surface area contributed by atoms with Crippen molar-refractivity contribution in [2.75, 3.05) is 26.1 Å². The lowest BCUT2D eigenvalue weighted by Gasteiger charge is -2.11. The molecule has 2 aromatic carbocycles. The SMILES string of the molecule is COc1ccc(NC(=O)COC(=O)c2nn(C)c(=O)c3ccccc23)cc1OC. The molecule has 0 aliphatic carbocycles. The van der Waals surface area contributed by atoms with E-state index in [9.17, 15) is 14.4 Å². The Morgan fingerprint density at radius 3 is 2.41 bits per heavy atom. The van der Waals surface area contributed by atoms with Crippen molar-refractivity contribution in [2.24, 2.45) is 7.05 Å². The largest absolute Gasteiger partial charge is 0.493 e. The molecule has 1 aromatic heterocycles. The van der Waals surface area contributed by atoms with Crippen molar-refractivity contribution < 1.29 is 23.8 Å². The van der Waals surface area contributed by atoms with Crippen LogP contribution in [0.1, 0.15) is 10.5 Å². The Labute approximate surface area is 165 Å². The van der Waals surface area contributed by atoms with Gasteiger partial charge >= 0.3 is 5.97 Å². The third-order valence-corrected chi connectivity index (χ3v) is 4.15. The van der Waals surface area contributed by atoms with Gasteiger partial charge in [0, 0.05) is 24.2 Å². The Balaban J connectivity index is 1.71. The predicted molar refractivity (Wildman–Crippen MR) is 105 cm³/mol. The molecule has 29 heavy (non-hydrogen) atoms. The summed E-state index contributed by atoms with van der Waals surface area (Å²) in [6, 6.07) is 11.4. The van der Waals surface area contributed by atoms with Crippen LogP contribution in [-0.4, -0.2) is 42.5 Å². The van der Waals surface area contributed by atoms with Crippen molar-refractivity contribution in [3.63, 3.8) is 0 Å². The van der Waals surface area contributed by atoms with Crippen LogP contribution in [0.5, 0.6) is 11.5 Å². The van der Waals surface area contributed by atoms with Gasteiger partial charge in [0.05, 0.1) is 19.6 Å². The molecule has 0 aliphatic heterocycles. The van der Waals surface area contributed by atoms with Crippen LogP contribution in [0, 0.1) is 0 Å². The molecule has 0 saturated carbocycles. The highest BCUT2D eigenvalue weighted by atomic mass is 16.5. The van der Waals surface area contributed by atoms with Gasteiger partial charge in [-0.3, -0.25) is 9.59 Å². The molecule has 1 amide bonds. The number of hydrogen-bond donors (Lipinski definition) is 1. The van der Waals surface area contributed by atoms with Gasteiger partial charge in [-0.1, -0.05) is 18.2 Å². The molecule has 9 heteroatoms. The molecule has 0 fully saturated rings. The average Bonchev–Trinajstić information content (AvgIpc) is 2.74. The minimum atomic E-state index is -0.806. The maximum Gasteiger partial charge on any atom is 0.359 e. The fourth-order valence-electron chi connectivity index (χ4n) is 2.76. The number of esters is 1. The van der Waals surface area contributed by atoms with Crippen molar-refractivity contribution >= 4 is 28.3 Å². The quantitative estimate of drug-likeness (QED) is 0.631. The molecule has 0 saturated heterocycles. The molecule has 1 heterocycles. The van der Waals surface area contributed by atoms with Crippen molar-refractivity contribution in [1.29, 1.82) is 0 Å². The van der Waals surface area contributed by atoms with E-state index in [0.29, 0.717) is 28.0 Å². The van der Waals surface area contributed by atoms with Gasteiger partial charge in [0.15, 0.2) is 23.8 Å². The Bertz CT molecular complexity index is 1140. The zero-order valence-electron chi connectivity index (χ0n) is 16.1. The third kappa shape index (κ3) is 4.18. The van der Waals surface area contributed by atoms with E-state index in [1.807, 2.05) is 0 Å².